The second-order valence-corrected chi connectivity index (χ2v) is 5.15. The van der Waals surface area contributed by atoms with Crippen LogP contribution >= 0.6 is 0 Å². The number of nitrogens with zero attached hydrogens (tertiary/aromatic N) is 1. The molecule has 0 aliphatic rings. The van der Waals surface area contributed by atoms with Crippen molar-refractivity contribution < 1.29 is 0 Å². The first-order chi connectivity index (χ1) is 7.50. The summed E-state index contributed by atoms with van der Waals surface area (Å²) in [6.45, 7) is 8.66. The van der Waals surface area contributed by atoms with E-state index in [9.17, 15) is 0 Å². The predicted molar refractivity (Wildman–Crippen MR) is 69.3 cm³/mol. The SMILES string of the molecule is Cc1cnc(C(N)CCCC(C)C)c(C)c1. The summed E-state index contributed by atoms with van der Waals surface area (Å²) in [6, 6.07) is 2.25. The lowest BCUT2D eigenvalue weighted by Gasteiger charge is -2.14. The van der Waals surface area contributed by atoms with E-state index in [0.29, 0.717) is 0 Å². The van der Waals surface area contributed by atoms with Crippen molar-refractivity contribution in [2.75, 3.05) is 0 Å². The third-order valence-corrected chi connectivity index (χ3v) is 2.90. The van der Waals surface area contributed by atoms with Crippen LogP contribution < -0.4 is 5.73 Å². The molecule has 2 N–H and O–H groups in total. The second kappa shape index (κ2) is 6.00. The quantitative estimate of drug-likeness (QED) is 0.824. The third-order valence-electron chi connectivity index (χ3n) is 2.90. The zero-order chi connectivity index (χ0) is 12.1. The van der Waals surface area contributed by atoms with Crippen LogP contribution in [0.15, 0.2) is 12.3 Å². The average molecular weight is 220 g/mol. The van der Waals surface area contributed by atoms with Crippen molar-refractivity contribution in [3.05, 3.63) is 29.1 Å². The molecule has 1 heterocycles. The minimum atomic E-state index is 0.0966. The lowest BCUT2D eigenvalue weighted by atomic mass is 9.99. The van der Waals surface area contributed by atoms with Gasteiger partial charge in [-0.25, -0.2) is 0 Å². The maximum Gasteiger partial charge on any atom is 0.0600 e. The largest absolute Gasteiger partial charge is 0.323 e. The second-order valence-electron chi connectivity index (χ2n) is 5.15. The van der Waals surface area contributed by atoms with Crippen LogP contribution in [0, 0.1) is 19.8 Å². The molecule has 0 saturated carbocycles. The van der Waals surface area contributed by atoms with Gasteiger partial charge in [-0.15, -0.1) is 0 Å². The molecule has 1 aromatic rings. The standard InChI is InChI=1S/C14H24N2/c1-10(2)6-5-7-13(15)14-12(4)8-11(3)9-16-14/h8-10,13H,5-7,15H2,1-4H3. The van der Waals surface area contributed by atoms with Crippen LogP contribution in [0.4, 0.5) is 0 Å². The van der Waals surface area contributed by atoms with E-state index in [0.717, 1.165) is 18.0 Å². The van der Waals surface area contributed by atoms with Gasteiger partial charge in [0.15, 0.2) is 0 Å². The van der Waals surface area contributed by atoms with Crippen molar-refractivity contribution in [2.45, 2.75) is 53.0 Å². The Kier molecular flexibility index (Phi) is 4.94. The fourth-order valence-corrected chi connectivity index (χ4v) is 2.00. The minimum Gasteiger partial charge on any atom is -0.323 e. The zero-order valence-corrected chi connectivity index (χ0v) is 11.0. The molecular formula is C14H24N2. The van der Waals surface area contributed by atoms with Gasteiger partial charge < -0.3 is 5.73 Å². The molecule has 16 heavy (non-hydrogen) atoms. The van der Waals surface area contributed by atoms with Crippen LogP contribution in [0.5, 0.6) is 0 Å². The first-order valence-electron chi connectivity index (χ1n) is 6.19. The normalized spacial score (nSPS) is 13.1. The van der Waals surface area contributed by atoms with E-state index in [1.54, 1.807) is 0 Å². The molecule has 0 aliphatic carbocycles. The van der Waals surface area contributed by atoms with Gasteiger partial charge >= 0.3 is 0 Å². The molecule has 1 unspecified atom stereocenters. The van der Waals surface area contributed by atoms with Crippen molar-refractivity contribution in [2.24, 2.45) is 11.7 Å². The van der Waals surface area contributed by atoms with Crippen LogP contribution in [0.2, 0.25) is 0 Å². The number of nitrogens with two attached hydrogens (primary N) is 1. The van der Waals surface area contributed by atoms with E-state index in [1.165, 1.54) is 24.0 Å². The van der Waals surface area contributed by atoms with Crippen LogP contribution in [-0.2, 0) is 0 Å². The molecule has 0 aliphatic heterocycles. The molecule has 90 valence electrons. The van der Waals surface area contributed by atoms with E-state index in [2.05, 4.69) is 38.7 Å². The van der Waals surface area contributed by atoms with Gasteiger partial charge in [0, 0.05) is 12.2 Å². The lowest BCUT2D eigenvalue weighted by Crippen LogP contribution is -2.14. The van der Waals surface area contributed by atoms with Gasteiger partial charge in [0.05, 0.1) is 5.69 Å². The van der Waals surface area contributed by atoms with Gasteiger partial charge in [0.1, 0.15) is 0 Å². The fraction of sp³-hybridized carbons (Fsp3) is 0.643. The molecule has 0 saturated heterocycles. The van der Waals surface area contributed by atoms with Gasteiger partial charge in [-0.3, -0.25) is 4.98 Å². The van der Waals surface area contributed by atoms with Gasteiger partial charge in [0.2, 0.25) is 0 Å². The third kappa shape index (κ3) is 3.93. The molecule has 0 aromatic carbocycles. The Morgan fingerprint density at radius 3 is 2.50 bits per heavy atom. The first-order valence-corrected chi connectivity index (χ1v) is 6.19. The summed E-state index contributed by atoms with van der Waals surface area (Å²) in [5, 5.41) is 0. The Labute approximate surface area is 99.3 Å². The Morgan fingerprint density at radius 2 is 1.94 bits per heavy atom. The molecule has 1 rings (SSSR count). The highest BCUT2D eigenvalue weighted by Crippen LogP contribution is 2.20. The molecular weight excluding hydrogens is 196 g/mol. The van der Waals surface area contributed by atoms with Gasteiger partial charge in [-0.2, -0.15) is 0 Å². The summed E-state index contributed by atoms with van der Waals surface area (Å²) in [7, 11) is 0. The molecule has 2 heteroatoms. The Bertz CT molecular complexity index is 332. The minimum absolute atomic E-state index is 0.0966. The van der Waals surface area contributed by atoms with Crippen molar-refractivity contribution in [3.63, 3.8) is 0 Å². The van der Waals surface area contributed by atoms with E-state index >= 15 is 0 Å². The summed E-state index contributed by atoms with van der Waals surface area (Å²) in [4.78, 5) is 4.45. The van der Waals surface area contributed by atoms with Crippen molar-refractivity contribution in [1.82, 2.24) is 4.98 Å². The van der Waals surface area contributed by atoms with E-state index in [-0.39, 0.29) is 6.04 Å². The van der Waals surface area contributed by atoms with Crippen LogP contribution in [-0.4, -0.2) is 4.98 Å². The molecule has 0 fully saturated rings. The number of hydrogen-bond acceptors (Lipinski definition) is 2. The predicted octanol–water partition coefficient (Wildman–Crippen LogP) is 3.52. The molecule has 1 atom stereocenters. The molecule has 0 amide bonds. The topological polar surface area (TPSA) is 38.9 Å². The molecule has 0 spiro atoms. The highest BCUT2D eigenvalue weighted by Gasteiger charge is 2.10. The maximum atomic E-state index is 6.17. The monoisotopic (exact) mass is 220 g/mol. The van der Waals surface area contributed by atoms with Crippen LogP contribution in [0.3, 0.4) is 0 Å². The molecule has 0 bridgehead atoms. The summed E-state index contributed by atoms with van der Waals surface area (Å²) in [5.41, 5.74) is 9.66. The summed E-state index contributed by atoms with van der Waals surface area (Å²) in [5.74, 6) is 0.763. The number of pyridine rings is 1. The smallest absolute Gasteiger partial charge is 0.0600 e. The Hall–Kier alpha value is -0.890. The van der Waals surface area contributed by atoms with Crippen molar-refractivity contribution >= 4 is 0 Å². The summed E-state index contributed by atoms with van der Waals surface area (Å²) < 4.78 is 0. The number of rotatable bonds is 5. The van der Waals surface area contributed by atoms with Gasteiger partial charge in [-0.05, 0) is 37.3 Å². The first kappa shape index (κ1) is 13.2. The molecule has 2 nitrogen and oxygen atoms in total. The lowest BCUT2D eigenvalue weighted by molar-refractivity contribution is 0.500. The average Bonchev–Trinajstić information content (AvgIpc) is 2.16. The Morgan fingerprint density at radius 1 is 1.25 bits per heavy atom. The molecule has 0 radical (unpaired) electrons. The van der Waals surface area contributed by atoms with Gasteiger partial charge in [0.25, 0.3) is 0 Å². The van der Waals surface area contributed by atoms with E-state index in [1.807, 2.05) is 6.20 Å². The van der Waals surface area contributed by atoms with Crippen LogP contribution in [0.25, 0.3) is 0 Å². The number of aryl methyl sites for hydroxylation is 2. The van der Waals surface area contributed by atoms with Crippen molar-refractivity contribution in [3.8, 4) is 0 Å². The maximum absolute atomic E-state index is 6.17. The Balaban J connectivity index is 2.55. The summed E-state index contributed by atoms with van der Waals surface area (Å²) >= 11 is 0. The molecule has 1 aromatic heterocycles. The highest BCUT2D eigenvalue weighted by molar-refractivity contribution is 5.25. The van der Waals surface area contributed by atoms with Gasteiger partial charge in [-0.1, -0.05) is 32.8 Å². The van der Waals surface area contributed by atoms with E-state index in [4.69, 9.17) is 5.73 Å². The highest BCUT2D eigenvalue weighted by atomic mass is 14.8. The fourth-order valence-electron chi connectivity index (χ4n) is 2.00. The zero-order valence-electron chi connectivity index (χ0n) is 11.0. The summed E-state index contributed by atoms with van der Waals surface area (Å²) in [6.07, 6.45) is 5.38. The number of hydrogen-bond donors (Lipinski definition) is 1. The van der Waals surface area contributed by atoms with Crippen LogP contribution in [0.1, 0.15) is 56.0 Å². The van der Waals surface area contributed by atoms with Crippen molar-refractivity contribution in [1.29, 1.82) is 0 Å². The van der Waals surface area contributed by atoms with E-state index < -0.39 is 0 Å². The number of aromatic nitrogens is 1.